The zero-order valence-corrected chi connectivity index (χ0v) is 16.7. The number of guanidine groups is 1. The molecule has 0 aliphatic carbocycles. The van der Waals surface area contributed by atoms with Gasteiger partial charge in [-0.1, -0.05) is 60.7 Å². The number of rotatable bonds is 7. The van der Waals surface area contributed by atoms with Crippen LogP contribution in [0.4, 0.5) is 0 Å². The van der Waals surface area contributed by atoms with Crippen molar-refractivity contribution in [3.05, 3.63) is 87.9 Å². The summed E-state index contributed by atoms with van der Waals surface area (Å²) in [5, 5.41) is 10.1. The molecule has 0 bridgehead atoms. The van der Waals surface area contributed by atoms with E-state index in [9.17, 15) is 0 Å². The Labute approximate surface area is 165 Å². The summed E-state index contributed by atoms with van der Waals surface area (Å²) in [6.07, 6.45) is 0.895. The lowest BCUT2D eigenvalue weighted by molar-refractivity contribution is 0.724. The van der Waals surface area contributed by atoms with Crippen LogP contribution in [0.3, 0.4) is 0 Å². The highest BCUT2D eigenvalue weighted by atomic mass is 32.1. The van der Waals surface area contributed by atoms with Crippen molar-refractivity contribution < 1.29 is 0 Å². The molecule has 0 aliphatic heterocycles. The molecule has 0 saturated heterocycles. The molecule has 0 fully saturated rings. The minimum atomic E-state index is 0.271. The van der Waals surface area contributed by atoms with E-state index in [-0.39, 0.29) is 5.92 Å². The first-order valence-electron chi connectivity index (χ1n) is 9.21. The molecule has 1 aromatic heterocycles. The second-order valence-corrected chi connectivity index (χ2v) is 7.42. The molecule has 0 radical (unpaired) electrons. The fourth-order valence-electron chi connectivity index (χ4n) is 3.05. The van der Waals surface area contributed by atoms with Crippen LogP contribution < -0.4 is 10.6 Å². The molecule has 1 heterocycles. The summed E-state index contributed by atoms with van der Waals surface area (Å²) < 4.78 is 0. The Morgan fingerprint density at radius 1 is 1.00 bits per heavy atom. The lowest BCUT2D eigenvalue weighted by atomic mass is 9.91. The maximum absolute atomic E-state index is 4.51. The van der Waals surface area contributed by atoms with Crippen LogP contribution in [0.25, 0.3) is 0 Å². The van der Waals surface area contributed by atoms with E-state index in [1.54, 1.807) is 11.3 Å². The average molecular weight is 379 g/mol. The van der Waals surface area contributed by atoms with Crippen LogP contribution in [0, 0.1) is 6.92 Å². The lowest BCUT2D eigenvalue weighted by Crippen LogP contribution is -2.40. The van der Waals surface area contributed by atoms with Gasteiger partial charge in [-0.25, -0.2) is 4.98 Å². The number of aromatic nitrogens is 1. The Morgan fingerprint density at radius 2 is 1.63 bits per heavy atom. The number of hydrogen-bond donors (Lipinski definition) is 2. The van der Waals surface area contributed by atoms with E-state index in [0.717, 1.165) is 36.2 Å². The molecule has 2 N–H and O–H groups in total. The smallest absolute Gasteiger partial charge is 0.191 e. The molecule has 0 aliphatic rings. The molecule has 140 valence electrons. The molecular formula is C22H26N4S. The second kappa shape index (κ2) is 9.88. The van der Waals surface area contributed by atoms with Crippen molar-refractivity contribution in [2.24, 2.45) is 4.99 Å². The van der Waals surface area contributed by atoms with Crippen LogP contribution in [0.5, 0.6) is 0 Å². The van der Waals surface area contributed by atoms with Crippen molar-refractivity contribution in [3.63, 3.8) is 0 Å². The van der Waals surface area contributed by atoms with E-state index < -0.39 is 0 Å². The Morgan fingerprint density at radius 3 is 2.15 bits per heavy atom. The topological polar surface area (TPSA) is 49.3 Å². The summed E-state index contributed by atoms with van der Waals surface area (Å²) in [6, 6.07) is 21.2. The minimum absolute atomic E-state index is 0.271. The van der Waals surface area contributed by atoms with Crippen LogP contribution in [0.2, 0.25) is 0 Å². The third kappa shape index (κ3) is 5.66. The summed E-state index contributed by atoms with van der Waals surface area (Å²) >= 11 is 1.69. The molecule has 0 atom stereocenters. The molecule has 4 nitrogen and oxygen atoms in total. The number of aliphatic imine (C=N–C) groups is 1. The first kappa shape index (κ1) is 19.1. The third-order valence-electron chi connectivity index (χ3n) is 4.44. The van der Waals surface area contributed by atoms with E-state index in [1.807, 2.05) is 14.0 Å². The van der Waals surface area contributed by atoms with Gasteiger partial charge in [-0.15, -0.1) is 11.3 Å². The average Bonchev–Trinajstić information content (AvgIpc) is 3.13. The Hall–Kier alpha value is -2.66. The van der Waals surface area contributed by atoms with Crippen LogP contribution in [0.1, 0.15) is 27.7 Å². The van der Waals surface area contributed by atoms with E-state index >= 15 is 0 Å². The highest BCUT2D eigenvalue weighted by Gasteiger charge is 2.14. The first-order chi connectivity index (χ1) is 13.3. The van der Waals surface area contributed by atoms with Crippen LogP contribution in [-0.2, 0) is 6.42 Å². The number of nitrogens with one attached hydrogen (secondary N) is 2. The van der Waals surface area contributed by atoms with Gasteiger partial charge in [-0.3, -0.25) is 4.99 Å². The minimum Gasteiger partial charge on any atom is -0.356 e. The van der Waals surface area contributed by atoms with E-state index in [4.69, 9.17) is 0 Å². The fraction of sp³-hybridized carbons (Fsp3) is 0.273. The summed E-state index contributed by atoms with van der Waals surface area (Å²) in [4.78, 5) is 8.87. The molecule has 3 rings (SSSR count). The third-order valence-corrected chi connectivity index (χ3v) is 5.26. The van der Waals surface area contributed by atoms with Gasteiger partial charge in [0.1, 0.15) is 0 Å². The second-order valence-electron chi connectivity index (χ2n) is 6.36. The van der Waals surface area contributed by atoms with Gasteiger partial charge in [0.25, 0.3) is 0 Å². The van der Waals surface area contributed by atoms with Gasteiger partial charge in [0.05, 0.1) is 10.7 Å². The fourth-order valence-corrected chi connectivity index (χ4v) is 3.70. The zero-order chi connectivity index (χ0) is 18.9. The first-order valence-corrected chi connectivity index (χ1v) is 10.1. The number of benzene rings is 2. The van der Waals surface area contributed by atoms with Gasteiger partial charge < -0.3 is 10.6 Å². The molecular weight excluding hydrogens is 352 g/mol. The molecule has 2 aromatic carbocycles. The zero-order valence-electron chi connectivity index (χ0n) is 15.9. The predicted octanol–water partition coefficient (Wildman–Crippen LogP) is 3.99. The van der Waals surface area contributed by atoms with Crippen LogP contribution in [-0.4, -0.2) is 31.1 Å². The van der Waals surface area contributed by atoms with Crippen molar-refractivity contribution in [1.82, 2.24) is 15.6 Å². The van der Waals surface area contributed by atoms with E-state index in [2.05, 4.69) is 86.7 Å². The van der Waals surface area contributed by atoms with Gasteiger partial charge in [0.2, 0.25) is 0 Å². The number of aryl methyl sites for hydroxylation is 1. The summed E-state index contributed by atoms with van der Waals surface area (Å²) in [7, 11) is 1.81. The van der Waals surface area contributed by atoms with Gasteiger partial charge >= 0.3 is 0 Å². The van der Waals surface area contributed by atoms with Crippen molar-refractivity contribution in [1.29, 1.82) is 0 Å². The van der Waals surface area contributed by atoms with Crippen molar-refractivity contribution in [2.75, 3.05) is 20.1 Å². The number of nitrogens with zero attached hydrogens (tertiary/aromatic N) is 2. The van der Waals surface area contributed by atoms with E-state index in [0.29, 0.717) is 0 Å². The van der Waals surface area contributed by atoms with Gasteiger partial charge in [0.15, 0.2) is 5.96 Å². The molecule has 0 unspecified atom stereocenters. The maximum atomic E-state index is 4.51. The Bertz CT molecular complexity index is 804. The standard InChI is InChI=1S/C22H26N4S/c1-17-26-20(16-27-17)13-14-24-22(23-2)25-15-21(18-9-5-3-6-10-18)19-11-7-4-8-12-19/h3-12,16,21H,13-15H2,1-2H3,(H2,23,24,25). The Kier molecular flexibility index (Phi) is 6.99. The van der Waals surface area contributed by atoms with Crippen LogP contribution in [0.15, 0.2) is 71.0 Å². The quantitative estimate of drug-likeness (QED) is 0.483. The highest BCUT2D eigenvalue weighted by Crippen LogP contribution is 2.23. The maximum Gasteiger partial charge on any atom is 0.191 e. The summed E-state index contributed by atoms with van der Waals surface area (Å²) in [5.74, 6) is 1.09. The highest BCUT2D eigenvalue weighted by molar-refractivity contribution is 7.09. The van der Waals surface area contributed by atoms with Gasteiger partial charge in [-0.05, 0) is 18.1 Å². The monoisotopic (exact) mass is 378 g/mol. The van der Waals surface area contributed by atoms with Crippen molar-refractivity contribution in [3.8, 4) is 0 Å². The van der Waals surface area contributed by atoms with E-state index in [1.165, 1.54) is 11.1 Å². The molecule has 0 saturated carbocycles. The normalized spacial score (nSPS) is 11.6. The van der Waals surface area contributed by atoms with Gasteiger partial charge in [-0.2, -0.15) is 0 Å². The molecule has 5 heteroatoms. The van der Waals surface area contributed by atoms with Crippen LogP contribution >= 0.6 is 11.3 Å². The van der Waals surface area contributed by atoms with Gasteiger partial charge in [0, 0.05) is 37.9 Å². The molecule has 0 spiro atoms. The van der Waals surface area contributed by atoms with Crippen molar-refractivity contribution in [2.45, 2.75) is 19.3 Å². The lowest BCUT2D eigenvalue weighted by Gasteiger charge is -2.20. The largest absolute Gasteiger partial charge is 0.356 e. The summed E-state index contributed by atoms with van der Waals surface area (Å²) in [6.45, 7) is 3.63. The SMILES string of the molecule is CN=C(NCCc1csc(C)n1)NCC(c1ccccc1)c1ccccc1. The Balaban J connectivity index is 1.60. The summed E-state index contributed by atoms with van der Waals surface area (Å²) in [5.41, 5.74) is 3.72. The van der Waals surface area contributed by atoms with Crippen molar-refractivity contribution >= 4 is 17.3 Å². The number of thiazole rings is 1. The number of hydrogen-bond acceptors (Lipinski definition) is 3. The molecule has 3 aromatic rings. The molecule has 27 heavy (non-hydrogen) atoms. The predicted molar refractivity (Wildman–Crippen MR) is 115 cm³/mol. The molecule has 0 amide bonds.